The molecule has 1 heterocycles. The van der Waals surface area contributed by atoms with Gasteiger partial charge in [0.1, 0.15) is 0 Å². The summed E-state index contributed by atoms with van der Waals surface area (Å²) >= 11 is 5.97. The van der Waals surface area contributed by atoms with Crippen LogP contribution in [0.15, 0.2) is 48.7 Å². The average molecular weight is 290 g/mol. The van der Waals surface area contributed by atoms with E-state index in [0.29, 0.717) is 11.6 Å². The lowest BCUT2D eigenvalue weighted by Crippen LogP contribution is -1.99. The quantitative estimate of drug-likeness (QED) is 0.693. The first kappa shape index (κ1) is 13.0. The topological polar surface area (TPSA) is 14.2 Å². The van der Waals surface area contributed by atoms with Crippen molar-refractivity contribution in [2.75, 3.05) is 7.11 Å². The maximum atomic E-state index is 13.7. The van der Waals surface area contributed by atoms with E-state index in [4.69, 9.17) is 16.3 Å². The average Bonchev–Trinajstić information content (AvgIpc) is 2.81. The zero-order valence-electron chi connectivity index (χ0n) is 10.9. The molecule has 102 valence electrons. The minimum Gasteiger partial charge on any atom is -0.494 e. The van der Waals surface area contributed by atoms with Crippen LogP contribution in [-0.4, -0.2) is 11.7 Å². The first-order valence-electron chi connectivity index (χ1n) is 6.24. The second-order valence-electron chi connectivity index (χ2n) is 4.62. The van der Waals surface area contributed by atoms with Gasteiger partial charge >= 0.3 is 0 Å². The highest BCUT2D eigenvalue weighted by molar-refractivity contribution is 6.31. The van der Waals surface area contributed by atoms with Gasteiger partial charge in [0.25, 0.3) is 0 Å². The number of methoxy groups -OCH3 is 1. The molecule has 20 heavy (non-hydrogen) atoms. The molecule has 0 saturated heterocycles. The summed E-state index contributed by atoms with van der Waals surface area (Å²) in [5, 5.41) is 1.79. The van der Waals surface area contributed by atoms with Crippen molar-refractivity contribution in [1.29, 1.82) is 0 Å². The van der Waals surface area contributed by atoms with Gasteiger partial charge in [0.05, 0.1) is 7.11 Å². The van der Waals surface area contributed by atoms with Gasteiger partial charge < -0.3 is 9.30 Å². The second-order valence-corrected chi connectivity index (χ2v) is 5.05. The number of halogens is 2. The van der Waals surface area contributed by atoms with Gasteiger partial charge in [-0.2, -0.15) is 0 Å². The number of fused-ring (bicyclic) bond motifs is 1. The molecule has 3 rings (SSSR count). The first-order chi connectivity index (χ1) is 9.67. The Hall–Kier alpha value is -2.00. The van der Waals surface area contributed by atoms with E-state index in [9.17, 15) is 4.39 Å². The van der Waals surface area contributed by atoms with Gasteiger partial charge in [-0.25, -0.2) is 4.39 Å². The smallest absolute Gasteiger partial charge is 0.165 e. The van der Waals surface area contributed by atoms with E-state index < -0.39 is 0 Å². The summed E-state index contributed by atoms with van der Waals surface area (Å²) in [5.74, 6) is -0.0811. The molecule has 0 unspecified atom stereocenters. The maximum absolute atomic E-state index is 13.7. The molecule has 0 N–H and O–H groups in total. The summed E-state index contributed by atoms with van der Waals surface area (Å²) in [6, 6.07) is 12.8. The summed E-state index contributed by atoms with van der Waals surface area (Å²) < 4.78 is 20.7. The predicted octanol–water partition coefficient (Wildman–Crippen LogP) is 4.49. The number of nitrogens with zero attached hydrogens (tertiary/aromatic N) is 1. The molecule has 4 heteroatoms. The Morgan fingerprint density at radius 3 is 2.75 bits per heavy atom. The number of ether oxygens (including phenoxy) is 1. The highest BCUT2D eigenvalue weighted by atomic mass is 35.5. The molecule has 2 nitrogen and oxygen atoms in total. The lowest BCUT2D eigenvalue weighted by molar-refractivity contribution is 0.386. The summed E-state index contributed by atoms with van der Waals surface area (Å²) in [5.41, 5.74) is 1.96. The second kappa shape index (κ2) is 5.17. The first-order valence-corrected chi connectivity index (χ1v) is 6.62. The van der Waals surface area contributed by atoms with Crippen LogP contribution < -0.4 is 4.74 Å². The number of benzene rings is 2. The zero-order chi connectivity index (χ0) is 14.1. The molecule has 0 radical (unpaired) electrons. The van der Waals surface area contributed by atoms with Crippen LogP contribution in [0.25, 0.3) is 10.9 Å². The van der Waals surface area contributed by atoms with Crippen molar-refractivity contribution in [3.05, 3.63) is 65.1 Å². The summed E-state index contributed by atoms with van der Waals surface area (Å²) in [6.45, 7) is 0.603. The van der Waals surface area contributed by atoms with Crippen LogP contribution in [0, 0.1) is 5.82 Å². The minimum atomic E-state index is -0.343. The maximum Gasteiger partial charge on any atom is 0.165 e. The molecule has 0 aliphatic heterocycles. The molecular formula is C16H13ClFNO. The Morgan fingerprint density at radius 2 is 2.00 bits per heavy atom. The Morgan fingerprint density at radius 1 is 1.15 bits per heavy atom. The summed E-state index contributed by atoms with van der Waals surface area (Å²) in [4.78, 5) is 0. The molecule has 3 aromatic rings. The fourth-order valence-corrected chi connectivity index (χ4v) is 2.49. The van der Waals surface area contributed by atoms with Crippen LogP contribution >= 0.6 is 11.6 Å². The van der Waals surface area contributed by atoms with E-state index >= 15 is 0 Å². The number of rotatable bonds is 3. The minimum absolute atomic E-state index is 0.262. The molecule has 1 aromatic heterocycles. The summed E-state index contributed by atoms with van der Waals surface area (Å²) in [6.07, 6.45) is 1.98. The van der Waals surface area contributed by atoms with Crippen molar-refractivity contribution < 1.29 is 9.13 Å². The van der Waals surface area contributed by atoms with E-state index in [1.165, 1.54) is 13.2 Å². The Balaban J connectivity index is 1.95. The lowest BCUT2D eigenvalue weighted by atomic mass is 10.2. The highest BCUT2D eigenvalue weighted by Gasteiger charge is 2.06. The van der Waals surface area contributed by atoms with E-state index in [1.807, 2.05) is 36.5 Å². The predicted molar refractivity (Wildman–Crippen MR) is 79.0 cm³/mol. The number of hydrogen-bond donors (Lipinski definition) is 0. The third-order valence-corrected chi connectivity index (χ3v) is 3.54. The van der Waals surface area contributed by atoms with Crippen molar-refractivity contribution in [3.8, 4) is 5.75 Å². The van der Waals surface area contributed by atoms with E-state index in [1.54, 1.807) is 6.07 Å². The van der Waals surface area contributed by atoms with E-state index in [0.717, 1.165) is 16.5 Å². The molecule has 2 aromatic carbocycles. The van der Waals surface area contributed by atoms with Crippen molar-refractivity contribution in [3.63, 3.8) is 0 Å². The van der Waals surface area contributed by atoms with Gasteiger partial charge in [-0.3, -0.25) is 0 Å². The fourth-order valence-electron chi connectivity index (χ4n) is 2.31. The molecular weight excluding hydrogens is 277 g/mol. The van der Waals surface area contributed by atoms with Crippen molar-refractivity contribution in [2.24, 2.45) is 0 Å². The van der Waals surface area contributed by atoms with Crippen LogP contribution in [0.5, 0.6) is 5.75 Å². The van der Waals surface area contributed by atoms with Gasteiger partial charge in [0.2, 0.25) is 0 Å². The van der Waals surface area contributed by atoms with Crippen LogP contribution in [-0.2, 0) is 6.54 Å². The molecule has 0 bridgehead atoms. The normalized spacial score (nSPS) is 10.9. The standard InChI is InChI=1S/C16H13ClFNO/c1-20-16-5-2-11(8-14(16)18)10-19-7-6-12-9-13(17)3-4-15(12)19/h2-9H,10H2,1H3. The number of aromatic nitrogens is 1. The summed E-state index contributed by atoms with van der Waals surface area (Å²) in [7, 11) is 1.46. The van der Waals surface area contributed by atoms with Crippen molar-refractivity contribution in [1.82, 2.24) is 4.57 Å². The molecule has 0 atom stereocenters. The third-order valence-electron chi connectivity index (χ3n) is 3.30. The van der Waals surface area contributed by atoms with Crippen LogP contribution in [0.3, 0.4) is 0 Å². The molecule has 0 aliphatic rings. The fraction of sp³-hybridized carbons (Fsp3) is 0.125. The SMILES string of the molecule is COc1ccc(Cn2ccc3cc(Cl)ccc32)cc1F. The zero-order valence-corrected chi connectivity index (χ0v) is 11.7. The Kier molecular flexibility index (Phi) is 3.36. The van der Waals surface area contributed by atoms with Gasteiger partial charge in [-0.05, 0) is 42.0 Å². The van der Waals surface area contributed by atoms with Crippen LogP contribution in [0.2, 0.25) is 5.02 Å². The van der Waals surface area contributed by atoms with Crippen molar-refractivity contribution in [2.45, 2.75) is 6.54 Å². The van der Waals surface area contributed by atoms with Gasteiger partial charge in [-0.15, -0.1) is 0 Å². The highest BCUT2D eigenvalue weighted by Crippen LogP contribution is 2.23. The number of hydrogen-bond acceptors (Lipinski definition) is 1. The largest absolute Gasteiger partial charge is 0.494 e. The lowest BCUT2D eigenvalue weighted by Gasteiger charge is -2.08. The molecule has 0 saturated carbocycles. The van der Waals surface area contributed by atoms with E-state index in [2.05, 4.69) is 4.57 Å². The van der Waals surface area contributed by atoms with Gasteiger partial charge in [0, 0.05) is 28.7 Å². The van der Waals surface area contributed by atoms with Gasteiger partial charge in [0.15, 0.2) is 11.6 Å². The molecule has 0 spiro atoms. The third kappa shape index (κ3) is 2.37. The Bertz CT molecular complexity index is 766. The van der Waals surface area contributed by atoms with E-state index in [-0.39, 0.29) is 11.6 Å². The molecule has 0 aliphatic carbocycles. The van der Waals surface area contributed by atoms with Crippen LogP contribution in [0.4, 0.5) is 4.39 Å². The Labute approximate surface area is 121 Å². The van der Waals surface area contributed by atoms with Crippen LogP contribution in [0.1, 0.15) is 5.56 Å². The molecule has 0 fully saturated rings. The monoisotopic (exact) mass is 289 g/mol. The van der Waals surface area contributed by atoms with Gasteiger partial charge in [-0.1, -0.05) is 17.7 Å². The molecule has 0 amide bonds. The van der Waals surface area contributed by atoms with Crippen molar-refractivity contribution >= 4 is 22.5 Å².